The summed E-state index contributed by atoms with van der Waals surface area (Å²) in [6.45, 7) is 6.65. The van der Waals surface area contributed by atoms with Crippen molar-refractivity contribution in [3.05, 3.63) is 96.1 Å². The summed E-state index contributed by atoms with van der Waals surface area (Å²) in [6, 6.07) is 21.0. The molecule has 0 unspecified atom stereocenters. The number of methoxy groups -OCH3 is 1. The molecule has 0 aliphatic carbocycles. The summed E-state index contributed by atoms with van der Waals surface area (Å²) >= 11 is 1.49. The molecule has 8 nitrogen and oxygen atoms in total. The van der Waals surface area contributed by atoms with Crippen LogP contribution in [0.1, 0.15) is 16.1 Å². The van der Waals surface area contributed by atoms with E-state index in [1.165, 1.54) is 17.4 Å². The van der Waals surface area contributed by atoms with Crippen molar-refractivity contribution in [2.45, 2.75) is 6.54 Å². The van der Waals surface area contributed by atoms with Crippen LogP contribution in [0.4, 0.5) is 10.1 Å². The summed E-state index contributed by atoms with van der Waals surface area (Å²) in [6.07, 6.45) is 1.93. The lowest BCUT2D eigenvalue weighted by atomic mass is 10.1. The lowest BCUT2D eigenvalue weighted by molar-refractivity contribution is 0.0938. The highest BCUT2D eigenvalue weighted by Crippen LogP contribution is 2.34. The van der Waals surface area contributed by atoms with Gasteiger partial charge in [-0.25, -0.2) is 19.3 Å². The predicted octanol–water partition coefficient (Wildman–Crippen LogP) is 5.58. The molecule has 0 radical (unpaired) electrons. The average Bonchev–Trinajstić information content (AvgIpc) is 3.45. The zero-order chi connectivity index (χ0) is 28.9. The molecule has 5 aromatic rings. The van der Waals surface area contributed by atoms with Crippen molar-refractivity contribution >= 4 is 33.3 Å². The zero-order valence-electron chi connectivity index (χ0n) is 23.3. The largest absolute Gasteiger partial charge is 0.383 e. The molecule has 1 saturated heterocycles. The van der Waals surface area contributed by atoms with Gasteiger partial charge in [0.2, 0.25) is 0 Å². The smallest absolute Gasteiger partial charge is 0.274 e. The summed E-state index contributed by atoms with van der Waals surface area (Å²) in [5.74, 6) is -0.773. The predicted molar refractivity (Wildman–Crippen MR) is 164 cm³/mol. The van der Waals surface area contributed by atoms with E-state index in [4.69, 9.17) is 14.7 Å². The number of rotatable bonds is 9. The molecule has 42 heavy (non-hydrogen) atoms. The van der Waals surface area contributed by atoms with Crippen LogP contribution < -0.4 is 5.32 Å². The zero-order valence-corrected chi connectivity index (χ0v) is 24.1. The number of pyridine rings is 2. The number of hydrogen-bond acceptors (Lipinski definition) is 8. The Labute approximate surface area is 247 Å². The molecule has 1 N–H and O–H groups in total. The van der Waals surface area contributed by atoms with Crippen molar-refractivity contribution < 1.29 is 13.9 Å². The number of nitrogens with one attached hydrogen (secondary N) is 1. The molecule has 1 aliphatic heterocycles. The normalized spacial score (nSPS) is 14.3. The van der Waals surface area contributed by atoms with Crippen molar-refractivity contribution in [1.82, 2.24) is 24.8 Å². The average molecular weight is 583 g/mol. The number of para-hydroxylation sites is 1. The van der Waals surface area contributed by atoms with E-state index < -0.39 is 0 Å². The summed E-state index contributed by atoms with van der Waals surface area (Å²) in [4.78, 5) is 33.0. The molecule has 0 saturated carbocycles. The summed E-state index contributed by atoms with van der Waals surface area (Å²) < 4.78 is 19.5. The fourth-order valence-corrected chi connectivity index (χ4v) is 5.99. The van der Waals surface area contributed by atoms with Gasteiger partial charge in [-0.1, -0.05) is 41.7 Å². The van der Waals surface area contributed by atoms with Gasteiger partial charge in [-0.05, 0) is 48.0 Å². The van der Waals surface area contributed by atoms with E-state index in [0.717, 1.165) is 72.4 Å². The van der Waals surface area contributed by atoms with Crippen molar-refractivity contribution in [3.8, 4) is 21.8 Å². The van der Waals surface area contributed by atoms with Gasteiger partial charge < -0.3 is 10.1 Å². The lowest BCUT2D eigenvalue weighted by Gasteiger charge is -2.34. The van der Waals surface area contributed by atoms with Crippen LogP contribution >= 0.6 is 11.3 Å². The Hall–Kier alpha value is -4.09. The summed E-state index contributed by atoms with van der Waals surface area (Å²) in [5, 5.41) is 3.75. The number of aromatic nitrogens is 3. The highest BCUT2D eigenvalue weighted by molar-refractivity contribution is 7.21. The maximum atomic E-state index is 14.3. The van der Waals surface area contributed by atoms with Gasteiger partial charge in [-0.15, -0.1) is 0 Å². The second kappa shape index (κ2) is 12.8. The lowest BCUT2D eigenvalue weighted by Crippen LogP contribution is -2.46. The number of nitrogens with zero attached hydrogens (tertiary/aromatic N) is 5. The van der Waals surface area contributed by atoms with Gasteiger partial charge in [-0.2, -0.15) is 0 Å². The van der Waals surface area contributed by atoms with Gasteiger partial charge in [-0.3, -0.25) is 14.6 Å². The summed E-state index contributed by atoms with van der Waals surface area (Å²) in [5.41, 5.74) is 4.33. The minimum atomic E-state index is -0.388. The van der Waals surface area contributed by atoms with E-state index in [1.807, 2.05) is 30.5 Å². The first-order valence-electron chi connectivity index (χ1n) is 13.9. The third kappa shape index (κ3) is 6.37. The molecule has 0 bridgehead atoms. The van der Waals surface area contributed by atoms with E-state index in [2.05, 4.69) is 26.2 Å². The Morgan fingerprint density at radius 3 is 2.52 bits per heavy atom. The molecule has 2 aromatic carbocycles. The van der Waals surface area contributed by atoms with E-state index in [9.17, 15) is 9.18 Å². The maximum absolute atomic E-state index is 14.3. The van der Waals surface area contributed by atoms with Gasteiger partial charge >= 0.3 is 0 Å². The first-order chi connectivity index (χ1) is 20.6. The van der Waals surface area contributed by atoms with Crippen molar-refractivity contribution in [3.63, 3.8) is 0 Å². The number of fused-ring (bicyclic) bond motifs is 1. The topological polar surface area (TPSA) is 83.5 Å². The molecule has 1 fully saturated rings. The minimum absolute atomic E-state index is 0.195. The molecule has 214 valence electrons. The summed E-state index contributed by atoms with van der Waals surface area (Å²) in [7, 11) is 1.74. The van der Waals surface area contributed by atoms with Gasteiger partial charge in [0.15, 0.2) is 0 Å². The standard InChI is InChI=1S/C32H31FN6O2S/c1-41-18-17-38-13-15-39(16-14-38)21-22-19-29-32(34-20-22)42-31(37-29)24-8-3-5-10-27(24)36-30(40)28-12-6-11-26(35-28)23-7-2-4-9-25(23)33/h2-12,19-20H,13-18,21H2,1H3,(H,36,40). The number of piperazine rings is 1. The van der Waals surface area contributed by atoms with Gasteiger partial charge in [0.25, 0.3) is 5.91 Å². The van der Waals surface area contributed by atoms with Crippen LogP contribution in [-0.4, -0.2) is 77.1 Å². The number of anilines is 1. The maximum Gasteiger partial charge on any atom is 0.274 e. The van der Waals surface area contributed by atoms with Crippen LogP contribution in [0, 0.1) is 5.82 Å². The SMILES string of the molecule is COCCN1CCN(Cc2cnc3sc(-c4ccccc4NC(=O)c4cccc(-c5ccccc5F)n4)nc3c2)CC1. The van der Waals surface area contributed by atoms with Crippen molar-refractivity contribution in [2.75, 3.05) is 51.8 Å². The molecule has 0 spiro atoms. The molecule has 0 atom stereocenters. The van der Waals surface area contributed by atoms with Gasteiger partial charge in [0, 0.05) is 63.7 Å². The highest BCUT2D eigenvalue weighted by atomic mass is 32.1. The van der Waals surface area contributed by atoms with Crippen LogP contribution in [0.25, 0.3) is 32.2 Å². The molecule has 3 aromatic heterocycles. The van der Waals surface area contributed by atoms with E-state index in [0.29, 0.717) is 16.9 Å². The molecule has 10 heteroatoms. The second-order valence-electron chi connectivity index (χ2n) is 10.2. The third-order valence-corrected chi connectivity index (χ3v) is 8.34. The molecule has 6 rings (SSSR count). The van der Waals surface area contributed by atoms with Crippen molar-refractivity contribution in [2.24, 2.45) is 0 Å². The monoisotopic (exact) mass is 582 g/mol. The number of carbonyl (C=O) groups is 1. The van der Waals surface area contributed by atoms with Gasteiger partial charge in [0.1, 0.15) is 26.9 Å². The fourth-order valence-electron chi connectivity index (χ4n) is 5.06. The number of halogens is 1. The van der Waals surface area contributed by atoms with Crippen LogP contribution in [0.15, 0.2) is 79.0 Å². The number of hydrogen-bond donors (Lipinski definition) is 1. The minimum Gasteiger partial charge on any atom is -0.383 e. The number of thiazole rings is 1. The van der Waals surface area contributed by atoms with E-state index >= 15 is 0 Å². The van der Waals surface area contributed by atoms with E-state index in [-0.39, 0.29) is 17.4 Å². The second-order valence-corrected chi connectivity index (χ2v) is 11.2. The Kier molecular flexibility index (Phi) is 8.57. The Bertz CT molecular complexity index is 1700. The number of ether oxygens (including phenoxy) is 1. The first kappa shape index (κ1) is 28.0. The van der Waals surface area contributed by atoms with Crippen LogP contribution in [0.5, 0.6) is 0 Å². The van der Waals surface area contributed by atoms with Crippen LogP contribution in [-0.2, 0) is 11.3 Å². The molecule has 1 aliphatic rings. The molecular formula is C32H31FN6O2S. The molecular weight excluding hydrogens is 551 g/mol. The fraction of sp³-hybridized carbons (Fsp3) is 0.250. The van der Waals surface area contributed by atoms with Crippen molar-refractivity contribution in [1.29, 1.82) is 0 Å². The van der Waals surface area contributed by atoms with Gasteiger partial charge in [0.05, 0.1) is 18.0 Å². The van der Waals surface area contributed by atoms with Crippen LogP contribution in [0.2, 0.25) is 0 Å². The number of amides is 1. The third-order valence-electron chi connectivity index (χ3n) is 7.32. The Morgan fingerprint density at radius 1 is 0.952 bits per heavy atom. The van der Waals surface area contributed by atoms with E-state index in [1.54, 1.807) is 43.5 Å². The quantitative estimate of drug-likeness (QED) is 0.243. The number of carbonyl (C=O) groups excluding carboxylic acids is 1. The number of benzene rings is 2. The highest BCUT2D eigenvalue weighted by Gasteiger charge is 2.19. The Morgan fingerprint density at radius 2 is 1.71 bits per heavy atom. The molecule has 4 heterocycles. The first-order valence-corrected chi connectivity index (χ1v) is 14.7. The Balaban J connectivity index is 1.17. The molecule has 1 amide bonds. The van der Waals surface area contributed by atoms with Crippen LogP contribution in [0.3, 0.4) is 0 Å².